The first kappa shape index (κ1) is 11.0. The molecule has 0 aliphatic heterocycles. The number of hydrogen-bond acceptors (Lipinski definition) is 1. The van der Waals surface area contributed by atoms with Crippen LogP contribution in [-0.4, -0.2) is 5.78 Å². The Morgan fingerprint density at radius 2 is 1.32 bits per heavy atom. The van der Waals surface area contributed by atoms with Crippen molar-refractivity contribution in [2.75, 3.05) is 0 Å². The quantitative estimate of drug-likeness (QED) is 0.755. The number of hydrogen-bond donors (Lipinski definition) is 0. The molecule has 0 N–H and O–H groups in total. The lowest BCUT2D eigenvalue weighted by Gasteiger charge is -2.15. The summed E-state index contributed by atoms with van der Waals surface area (Å²) in [5.41, 5.74) is 5.09. The molecule has 2 aromatic carbocycles. The van der Waals surface area contributed by atoms with Gasteiger partial charge in [0.2, 0.25) is 0 Å². The second kappa shape index (κ2) is 4.06. The minimum absolute atomic E-state index is 0.199. The molecule has 2 aliphatic carbocycles. The van der Waals surface area contributed by atoms with Gasteiger partial charge in [-0.1, -0.05) is 48.5 Å². The van der Waals surface area contributed by atoms with Crippen molar-refractivity contribution in [3.8, 4) is 0 Å². The lowest BCUT2D eigenvalue weighted by Crippen LogP contribution is -2.21. The number of benzene rings is 2. The number of Topliss-reactive ketones (excluding diaryl/α,β-unsaturated/α-hetero) is 1. The molecule has 2 aromatic rings. The maximum Gasteiger partial charge on any atom is 0.166 e. The second-order valence-electron chi connectivity index (χ2n) is 5.77. The Morgan fingerprint density at radius 1 is 0.737 bits per heavy atom. The average Bonchev–Trinajstić information content (AvgIpc) is 3.00. The molecule has 19 heavy (non-hydrogen) atoms. The molecule has 1 unspecified atom stereocenters. The highest BCUT2D eigenvalue weighted by atomic mass is 16.1. The van der Waals surface area contributed by atoms with Gasteiger partial charge in [-0.25, -0.2) is 0 Å². The Hall–Kier alpha value is -1.89. The molecule has 0 saturated carbocycles. The predicted molar refractivity (Wildman–Crippen MR) is 75.3 cm³/mol. The Bertz CT molecular complexity index is 631. The van der Waals surface area contributed by atoms with Gasteiger partial charge in [0, 0.05) is 11.5 Å². The van der Waals surface area contributed by atoms with E-state index in [0.29, 0.717) is 11.7 Å². The van der Waals surface area contributed by atoms with Crippen LogP contribution < -0.4 is 0 Å². The van der Waals surface area contributed by atoms with Gasteiger partial charge in [-0.05, 0) is 41.9 Å². The van der Waals surface area contributed by atoms with Gasteiger partial charge >= 0.3 is 0 Å². The molecule has 0 radical (unpaired) electrons. The van der Waals surface area contributed by atoms with Gasteiger partial charge in [0.15, 0.2) is 5.78 Å². The Balaban J connectivity index is 1.63. The fourth-order valence-electron chi connectivity index (χ4n) is 3.73. The van der Waals surface area contributed by atoms with Crippen molar-refractivity contribution in [2.45, 2.75) is 19.3 Å². The predicted octanol–water partition coefficient (Wildman–Crippen LogP) is 3.46. The van der Waals surface area contributed by atoms with Crippen LogP contribution in [0.15, 0.2) is 48.5 Å². The highest BCUT2D eigenvalue weighted by molar-refractivity contribution is 6.02. The van der Waals surface area contributed by atoms with Gasteiger partial charge in [0.05, 0.1) is 0 Å². The normalized spacial score (nSPS) is 21.5. The molecule has 0 fully saturated rings. The summed E-state index contributed by atoms with van der Waals surface area (Å²) in [7, 11) is 0. The van der Waals surface area contributed by atoms with Gasteiger partial charge < -0.3 is 0 Å². The Labute approximate surface area is 113 Å². The number of fused-ring (bicyclic) bond motifs is 2. The topological polar surface area (TPSA) is 17.1 Å². The number of carbonyl (C=O) groups excluding carboxylic acids is 1. The summed E-state index contributed by atoms with van der Waals surface area (Å²) in [5.74, 6) is 1.07. The zero-order valence-electron chi connectivity index (χ0n) is 10.8. The molecule has 2 aliphatic rings. The highest BCUT2D eigenvalue weighted by Gasteiger charge is 2.38. The van der Waals surface area contributed by atoms with Crippen molar-refractivity contribution in [2.24, 2.45) is 11.8 Å². The smallest absolute Gasteiger partial charge is 0.166 e. The molecule has 0 aromatic heterocycles. The van der Waals surface area contributed by atoms with E-state index in [1.165, 1.54) is 16.7 Å². The second-order valence-corrected chi connectivity index (χ2v) is 5.77. The molecule has 0 saturated heterocycles. The summed E-state index contributed by atoms with van der Waals surface area (Å²) in [5, 5.41) is 0. The van der Waals surface area contributed by atoms with Gasteiger partial charge in [-0.15, -0.1) is 0 Å². The van der Waals surface area contributed by atoms with E-state index in [1.807, 2.05) is 18.2 Å². The van der Waals surface area contributed by atoms with Gasteiger partial charge in [-0.3, -0.25) is 4.79 Å². The lowest BCUT2D eigenvalue weighted by molar-refractivity contribution is 0.0896. The Kier molecular flexibility index (Phi) is 2.34. The van der Waals surface area contributed by atoms with Crippen molar-refractivity contribution in [1.29, 1.82) is 0 Å². The van der Waals surface area contributed by atoms with E-state index >= 15 is 0 Å². The van der Waals surface area contributed by atoms with Gasteiger partial charge in [0.25, 0.3) is 0 Å². The fraction of sp³-hybridized carbons (Fsp3) is 0.278. The largest absolute Gasteiger partial charge is 0.294 e. The van der Waals surface area contributed by atoms with Crippen molar-refractivity contribution < 1.29 is 4.79 Å². The third kappa shape index (κ3) is 1.65. The summed E-state index contributed by atoms with van der Waals surface area (Å²) in [4.78, 5) is 12.5. The van der Waals surface area contributed by atoms with Crippen molar-refractivity contribution in [1.82, 2.24) is 0 Å². The van der Waals surface area contributed by atoms with Crippen LogP contribution in [-0.2, 0) is 19.3 Å². The van der Waals surface area contributed by atoms with Crippen LogP contribution in [0.1, 0.15) is 27.0 Å². The van der Waals surface area contributed by atoms with Crippen molar-refractivity contribution in [3.05, 3.63) is 70.8 Å². The van der Waals surface area contributed by atoms with E-state index in [1.54, 1.807) is 0 Å². The molecule has 0 heterocycles. The van der Waals surface area contributed by atoms with Crippen LogP contribution in [0.5, 0.6) is 0 Å². The highest BCUT2D eigenvalue weighted by Crippen LogP contribution is 2.38. The molecule has 0 spiro atoms. The molecule has 0 bridgehead atoms. The molecule has 0 amide bonds. The third-order valence-corrected chi connectivity index (χ3v) is 4.71. The van der Waals surface area contributed by atoms with Gasteiger partial charge in [0.1, 0.15) is 0 Å². The van der Waals surface area contributed by atoms with E-state index in [9.17, 15) is 4.79 Å². The number of carbonyl (C=O) groups is 1. The van der Waals surface area contributed by atoms with E-state index in [0.717, 1.165) is 24.8 Å². The van der Waals surface area contributed by atoms with Crippen LogP contribution in [0.25, 0.3) is 0 Å². The van der Waals surface area contributed by atoms with E-state index in [4.69, 9.17) is 0 Å². The maximum absolute atomic E-state index is 12.5. The fourth-order valence-corrected chi connectivity index (χ4v) is 3.73. The van der Waals surface area contributed by atoms with Crippen LogP contribution in [0, 0.1) is 11.8 Å². The van der Waals surface area contributed by atoms with Crippen LogP contribution in [0.4, 0.5) is 0 Å². The summed E-state index contributed by atoms with van der Waals surface area (Å²) in [6.45, 7) is 0. The number of rotatable bonds is 1. The Morgan fingerprint density at radius 3 is 1.95 bits per heavy atom. The summed E-state index contributed by atoms with van der Waals surface area (Å²) < 4.78 is 0. The van der Waals surface area contributed by atoms with Crippen LogP contribution in [0.2, 0.25) is 0 Å². The number of ketones is 1. The zero-order valence-corrected chi connectivity index (χ0v) is 10.8. The summed E-state index contributed by atoms with van der Waals surface area (Å²) in [6.07, 6.45) is 3.08. The molecule has 1 nitrogen and oxygen atoms in total. The minimum atomic E-state index is 0.199. The van der Waals surface area contributed by atoms with E-state index in [2.05, 4.69) is 30.3 Å². The molecule has 1 atom stereocenters. The molecule has 1 heteroatoms. The van der Waals surface area contributed by atoms with Crippen molar-refractivity contribution >= 4 is 5.78 Å². The molecule has 94 valence electrons. The SMILES string of the molecule is O=C1c2ccccc2CC1C1Cc2ccccc2C1. The first-order chi connectivity index (χ1) is 9.33. The molecular weight excluding hydrogens is 232 g/mol. The summed E-state index contributed by atoms with van der Waals surface area (Å²) in [6, 6.07) is 16.7. The van der Waals surface area contributed by atoms with Crippen LogP contribution in [0.3, 0.4) is 0 Å². The monoisotopic (exact) mass is 248 g/mol. The van der Waals surface area contributed by atoms with Crippen molar-refractivity contribution in [3.63, 3.8) is 0 Å². The van der Waals surface area contributed by atoms with Gasteiger partial charge in [-0.2, -0.15) is 0 Å². The minimum Gasteiger partial charge on any atom is -0.294 e. The third-order valence-electron chi connectivity index (χ3n) is 4.71. The zero-order chi connectivity index (χ0) is 12.8. The first-order valence-electron chi connectivity index (χ1n) is 7.02. The lowest BCUT2D eigenvalue weighted by atomic mass is 9.86. The van der Waals surface area contributed by atoms with E-state index < -0.39 is 0 Å². The molecular formula is C18H16O. The standard InChI is InChI=1S/C18H16O/c19-18-16-8-4-3-7-14(16)11-17(18)15-9-12-5-1-2-6-13(12)10-15/h1-8,15,17H,9-11H2. The first-order valence-corrected chi connectivity index (χ1v) is 7.02. The van der Waals surface area contributed by atoms with E-state index in [-0.39, 0.29) is 5.92 Å². The maximum atomic E-state index is 12.5. The average molecular weight is 248 g/mol. The van der Waals surface area contributed by atoms with Crippen LogP contribution >= 0.6 is 0 Å². The summed E-state index contributed by atoms with van der Waals surface area (Å²) >= 11 is 0. The molecule has 4 rings (SSSR count).